The zero-order valence-electron chi connectivity index (χ0n) is 10.9. The Labute approximate surface area is 116 Å². The first kappa shape index (κ1) is 12.9. The molecule has 1 aliphatic rings. The normalized spacial score (nSPS) is 17.9. The fourth-order valence-electron chi connectivity index (χ4n) is 2.96. The zero-order chi connectivity index (χ0) is 14.1. The number of carbonyl (C=O) groups is 1. The molecule has 1 N–H and O–H groups in total. The van der Waals surface area contributed by atoms with Crippen molar-refractivity contribution in [3.05, 3.63) is 71.0 Å². The minimum absolute atomic E-state index is 0.260. The van der Waals surface area contributed by atoms with Crippen LogP contribution in [-0.4, -0.2) is 11.1 Å². The van der Waals surface area contributed by atoms with Gasteiger partial charge in [-0.3, -0.25) is 4.79 Å². The van der Waals surface area contributed by atoms with E-state index in [2.05, 4.69) is 6.07 Å². The number of hydrogen-bond acceptors (Lipinski definition) is 1. The van der Waals surface area contributed by atoms with Gasteiger partial charge in [0.15, 0.2) is 0 Å². The average Bonchev–Trinajstić information content (AvgIpc) is 2.39. The molecule has 0 radical (unpaired) electrons. The zero-order valence-corrected chi connectivity index (χ0v) is 10.9. The summed E-state index contributed by atoms with van der Waals surface area (Å²) in [5.74, 6) is -1.66. The minimum Gasteiger partial charge on any atom is -0.481 e. The fraction of sp³-hybridized carbons (Fsp3) is 0.235. The van der Waals surface area contributed by atoms with Crippen molar-refractivity contribution >= 4 is 5.97 Å². The molecule has 102 valence electrons. The molecule has 2 nitrogen and oxygen atoms in total. The topological polar surface area (TPSA) is 37.3 Å². The predicted molar refractivity (Wildman–Crippen MR) is 74.3 cm³/mol. The van der Waals surface area contributed by atoms with Crippen molar-refractivity contribution in [1.29, 1.82) is 0 Å². The van der Waals surface area contributed by atoms with Gasteiger partial charge in [-0.2, -0.15) is 0 Å². The number of rotatable bonds is 4. The third kappa shape index (κ3) is 2.31. The summed E-state index contributed by atoms with van der Waals surface area (Å²) < 4.78 is 13.3. The molecule has 0 heterocycles. The molecule has 3 heteroatoms. The van der Waals surface area contributed by atoms with Gasteiger partial charge in [0.2, 0.25) is 0 Å². The van der Waals surface area contributed by atoms with Crippen LogP contribution in [-0.2, 0) is 11.2 Å². The lowest BCUT2D eigenvalue weighted by Gasteiger charge is -2.32. The van der Waals surface area contributed by atoms with Crippen molar-refractivity contribution in [3.63, 3.8) is 0 Å². The number of halogens is 1. The third-order valence-electron chi connectivity index (χ3n) is 4.03. The first-order valence-electron chi connectivity index (χ1n) is 6.71. The molecule has 0 fully saturated rings. The maximum absolute atomic E-state index is 13.3. The van der Waals surface area contributed by atoms with E-state index in [4.69, 9.17) is 0 Å². The highest BCUT2D eigenvalue weighted by molar-refractivity contribution is 5.76. The summed E-state index contributed by atoms with van der Waals surface area (Å²) in [7, 11) is 0. The van der Waals surface area contributed by atoms with Crippen LogP contribution in [0.5, 0.6) is 0 Å². The molecule has 2 aromatic carbocycles. The molecule has 3 rings (SSSR count). The van der Waals surface area contributed by atoms with Crippen LogP contribution in [0.25, 0.3) is 0 Å². The first-order valence-corrected chi connectivity index (χ1v) is 6.71. The molecule has 0 bridgehead atoms. The van der Waals surface area contributed by atoms with Gasteiger partial charge in [0, 0.05) is 0 Å². The van der Waals surface area contributed by atoms with E-state index in [1.54, 1.807) is 12.1 Å². The van der Waals surface area contributed by atoms with Gasteiger partial charge in [0.1, 0.15) is 5.82 Å². The Balaban J connectivity index is 1.82. The van der Waals surface area contributed by atoms with Crippen LogP contribution in [0.2, 0.25) is 0 Å². The van der Waals surface area contributed by atoms with Crippen LogP contribution in [0.3, 0.4) is 0 Å². The van der Waals surface area contributed by atoms with Crippen molar-refractivity contribution in [3.8, 4) is 0 Å². The van der Waals surface area contributed by atoms with Gasteiger partial charge < -0.3 is 5.11 Å². The number of carboxylic acids is 1. The lowest BCUT2D eigenvalue weighted by molar-refractivity contribution is -0.139. The van der Waals surface area contributed by atoms with Gasteiger partial charge in [-0.15, -0.1) is 0 Å². The fourth-order valence-corrected chi connectivity index (χ4v) is 2.96. The number of aliphatic carboxylic acids is 1. The smallest absolute Gasteiger partial charge is 0.310 e. The van der Waals surface area contributed by atoms with E-state index in [-0.39, 0.29) is 11.7 Å². The van der Waals surface area contributed by atoms with Crippen LogP contribution < -0.4 is 0 Å². The summed E-state index contributed by atoms with van der Waals surface area (Å²) in [6.07, 6.45) is 1.44. The largest absolute Gasteiger partial charge is 0.481 e. The molecule has 1 aliphatic carbocycles. The number of carboxylic acid groups (broad SMARTS) is 1. The maximum Gasteiger partial charge on any atom is 0.310 e. The van der Waals surface area contributed by atoms with Crippen LogP contribution in [0.15, 0.2) is 48.5 Å². The van der Waals surface area contributed by atoms with Crippen molar-refractivity contribution in [2.45, 2.75) is 24.7 Å². The molecule has 0 spiro atoms. The number of benzene rings is 2. The summed E-state index contributed by atoms with van der Waals surface area (Å²) in [5, 5.41) is 9.41. The Morgan fingerprint density at radius 1 is 1.25 bits per heavy atom. The van der Waals surface area contributed by atoms with Crippen molar-refractivity contribution < 1.29 is 14.3 Å². The predicted octanol–water partition coefficient (Wildman–Crippen LogP) is 3.72. The lowest BCUT2D eigenvalue weighted by atomic mass is 9.72. The molecule has 0 aliphatic heterocycles. The first-order chi connectivity index (χ1) is 9.65. The minimum atomic E-state index is -0.889. The Morgan fingerprint density at radius 2 is 2.05 bits per heavy atom. The van der Waals surface area contributed by atoms with Crippen LogP contribution in [0.1, 0.15) is 34.9 Å². The average molecular weight is 270 g/mol. The van der Waals surface area contributed by atoms with Gasteiger partial charge in [-0.25, -0.2) is 4.39 Å². The van der Waals surface area contributed by atoms with Crippen LogP contribution in [0.4, 0.5) is 4.39 Å². The second-order valence-corrected chi connectivity index (χ2v) is 5.28. The monoisotopic (exact) mass is 270 g/mol. The Kier molecular flexibility index (Phi) is 3.26. The summed E-state index contributed by atoms with van der Waals surface area (Å²) in [4.78, 5) is 11.5. The summed E-state index contributed by atoms with van der Waals surface area (Å²) in [6, 6.07) is 14.0. The molecular formula is C17H15FO2. The van der Waals surface area contributed by atoms with E-state index in [0.29, 0.717) is 12.0 Å². The quantitative estimate of drug-likeness (QED) is 0.919. The molecule has 2 atom stereocenters. The van der Waals surface area contributed by atoms with Gasteiger partial charge in [0.25, 0.3) is 0 Å². The van der Waals surface area contributed by atoms with E-state index in [1.165, 1.54) is 23.3 Å². The van der Waals surface area contributed by atoms with Gasteiger partial charge in [-0.05, 0) is 47.6 Å². The second kappa shape index (κ2) is 5.08. The van der Waals surface area contributed by atoms with Crippen molar-refractivity contribution in [1.82, 2.24) is 0 Å². The Morgan fingerprint density at radius 3 is 2.75 bits per heavy atom. The standard InChI is InChI=1S/C17H15FO2/c18-14-6-3-5-12(9-14)16(17(19)20)10-13-8-11-4-1-2-7-15(11)13/h1-7,9,13,16H,8,10H2,(H,19,20). The van der Waals surface area contributed by atoms with Crippen LogP contribution in [0, 0.1) is 5.82 Å². The molecular weight excluding hydrogens is 255 g/mol. The van der Waals surface area contributed by atoms with Crippen LogP contribution >= 0.6 is 0 Å². The van der Waals surface area contributed by atoms with E-state index >= 15 is 0 Å². The second-order valence-electron chi connectivity index (χ2n) is 5.28. The third-order valence-corrected chi connectivity index (χ3v) is 4.03. The summed E-state index contributed by atoms with van der Waals surface area (Å²) in [6.45, 7) is 0. The number of fused-ring (bicyclic) bond motifs is 1. The molecule has 2 unspecified atom stereocenters. The van der Waals surface area contributed by atoms with E-state index < -0.39 is 11.9 Å². The van der Waals surface area contributed by atoms with E-state index in [9.17, 15) is 14.3 Å². The van der Waals surface area contributed by atoms with Gasteiger partial charge in [-0.1, -0.05) is 36.4 Å². The Hall–Kier alpha value is -2.16. The van der Waals surface area contributed by atoms with E-state index in [1.807, 2.05) is 18.2 Å². The summed E-state index contributed by atoms with van der Waals surface area (Å²) >= 11 is 0. The maximum atomic E-state index is 13.3. The molecule has 0 amide bonds. The molecule has 0 aromatic heterocycles. The highest BCUT2D eigenvalue weighted by Crippen LogP contribution is 2.41. The van der Waals surface area contributed by atoms with Crippen molar-refractivity contribution in [2.24, 2.45) is 0 Å². The Bertz CT molecular complexity index is 651. The molecule has 2 aromatic rings. The SMILES string of the molecule is O=C(O)C(CC1Cc2ccccc21)c1cccc(F)c1. The van der Waals surface area contributed by atoms with E-state index in [0.717, 1.165) is 6.42 Å². The van der Waals surface area contributed by atoms with Gasteiger partial charge in [0.05, 0.1) is 5.92 Å². The molecule has 0 saturated carbocycles. The molecule has 0 saturated heterocycles. The molecule has 20 heavy (non-hydrogen) atoms. The number of hydrogen-bond donors (Lipinski definition) is 1. The van der Waals surface area contributed by atoms with Gasteiger partial charge >= 0.3 is 5.97 Å². The summed E-state index contributed by atoms with van der Waals surface area (Å²) in [5.41, 5.74) is 3.07. The highest BCUT2D eigenvalue weighted by atomic mass is 19.1. The highest BCUT2D eigenvalue weighted by Gasteiger charge is 2.31. The lowest BCUT2D eigenvalue weighted by Crippen LogP contribution is -2.23. The van der Waals surface area contributed by atoms with Crippen molar-refractivity contribution in [2.75, 3.05) is 0 Å².